The van der Waals surface area contributed by atoms with E-state index in [1.54, 1.807) is 19.1 Å². The van der Waals surface area contributed by atoms with Gasteiger partial charge in [-0.3, -0.25) is 4.79 Å². The number of hydrogen-bond acceptors (Lipinski definition) is 5. The number of halogens is 1. The van der Waals surface area contributed by atoms with Crippen molar-refractivity contribution >= 4 is 44.1 Å². The zero-order chi connectivity index (χ0) is 13.4. The Bertz CT molecular complexity index is 811. The molecule has 0 bridgehead atoms. The van der Waals surface area contributed by atoms with Crippen molar-refractivity contribution in [1.82, 2.24) is 15.0 Å². The van der Waals surface area contributed by atoms with Gasteiger partial charge in [0.1, 0.15) is 5.82 Å². The highest BCUT2D eigenvalue weighted by Crippen LogP contribution is 2.26. The standard InChI is InChI=1S/C12H9ClN4OS/c1-6-14-10(18)9-11(15-6)19-12(17-9)16-8-4-2-3-7(13)5-8/h2-5H,1H3,(H,16,17)(H,14,15,18). The van der Waals surface area contributed by atoms with E-state index >= 15 is 0 Å². The molecule has 0 atom stereocenters. The van der Waals surface area contributed by atoms with Crippen LogP contribution in [0.3, 0.4) is 0 Å². The molecule has 0 unspecified atom stereocenters. The summed E-state index contributed by atoms with van der Waals surface area (Å²) in [6, 6.07) is 7.30. The molecular formula is C12H9ClN4OS. The molecule has 7 heteroatoms. The van der Waals surface area contributed by atoms with Crippen LogP contribution in [0.2, 0.25) is 5.02 Å². The molecule has 5 nitrogen and oxygen atoms in total. The Morgan fingerprint density at radius 1 is 1.37 bits per heavy atom. The van der Waals surface area contributed by atoms with Crippen LogP contribution in [0, 0.1) is 6.92 Å². The van der Waals surface area contributed by atoms with Crippen LogP contribution >= 0.6 is 22.9 Å². The third kappa shape index (κ3) is 2.45. The highest BCUT2D eigenvalue weighted by molar-refractivity contribution is 7.21. The van der Waals surface area contributed by atoms with Crippen molar-refractivity contribution < 1.29 is 0 Å². The quantitative estimate of drug-likeness (QED) is 0.761. The molecule has 96 valence electrons. The predicted octanol–water partition coefficient (Wildman–Crippen LogP) is 3.09. The summed E-state index contributed by atoms with van der Waals surface area (Å²) in [5.41, 5.74) is 0.942. The van der Waals surface area contributed by atoms with Gasteiger partial charge in [0.25, 0.3) is 5.56 Å². The average Bonchev–Trinajstić information content (AvgIpc) is 2.71. The number of hydrogen-bond donors (Lipinski definition) is 2. The lowest BCUT2D eigenvalue weighted by molar-refractivity contribution is 1.06. The van der Waals surface area contributed by atoms with Crippen molar-refractivity contribution in [3.05, 3.63) is 45.5 Å². The van der Waals surface area contributed by atoms with E-state index in [0.717, 1.165) is 5.69 Å². The number of fused-ring (bicyclic) bond motifs is 1. The molecular weight excluding hydrogens is 284 g/mol. The Balaban J connectivity index is 2.02. The molecule has 2 aromatic heterocycles. The molecule has 0 saturated heterocycles. The van der Waals surface area contributed by atoms with Gasteiger partial charge in [-0.1, -0.05) is 29.0 Å². The van der Waals surface area contributed by atoms with Crippen LogP contribution < -0.4 is 10.9 Å². The maximum atomic E-state index is 11.7. The van der Waals surface area contributed by atoms with E-state index in [0.29, 0.717) is 26.3 Å². The lowest BCUT2D eigenvalue weighted by atomic mass is 10.3. The second-order valence-electron chi connectivity index (χ2n) is 3.96. The van der Waals surface area contributed by atoms with Gasteiger partial charge >= 0.3 is 0 Å². The van der Waals surface area contributed by atoms with Crippen LogP contribution in [0.5, 0.6) is 0 Å². The first-order valence-electron chi connectivity index (χ1n) is 5.52. The van der Waals surface area contributed by atoms with E-state index in [2.05, 4.69) is 20.3 Å². The topological polar surface area (TPSA) is 70.7 Å². The van der Waals surface area contributed by atoms with E-state index < -0.39 is 0 Å². The highest BCUT2D eigenvalue weighted by Gasteiger charge is 2.09. The number of nitrogens with zero attached hydrogens (tertiary/aromatic N) is 2. The first-order chi connectivity index (χ1) is 9.11. The molecule has 1 aromatic carbocycles. The van der Waals surface area contributed by atoms with Crippen LogP contribution in [0.25, 0.3) is 10.3 Å². The average molecular weight is 293 g/mol. The number of benzene rings is 1. The van der Waals surface area contributed by atoms with Crippen molar-refractivity contribution in [1.29, 1.82) is 0 Å². The number of aromatic amines is 1. The Labute approximate surface area is 117 Å². The monoisotopic (exact) mass is 292 g/mol. The number of thiazole rings is 1. The SMILES string of the molecule is Cc1nc2sc(Nc3cccc(Cl)c3)nc2c(=O)[nH]1. The highest BCUT2D eigenvalue weighted by atomic mass is 35.5. The van der Waals surface area contributed by atoms with E-state index in [-0.39, 0.29) is 5.56 Å². The van der Waals surface area contributed by atoms with Crippen LogP contribution in [-0.2, 0) is 0 Å². The molecule has 0 aliphatic rings. The fraction of sp³-hybridized carbons (Fsp3) is 0.0833. The molecule has 3 aromatic rings. The molecule has 0 aliphatic carbocycles. The minimum Gasteiger partial charge on any atom is -0.331 e. The smallest absolute Gasteiger partial charge is 0.278 e. The Kier molecular flexibility index (Phi) is 2.96. The molecule has 19 heavy (non-hydrogen) atoms. The van der Waals surface area contributed by atoms with Crippen LogP contribution in [0.4, 0.5) is 10.8 Å². The molecule has 0 fully saturated rings. The van der Waals surface area contributed by atoms with Crippen LogP contribution in [0.1, 0.15) is 5.82 Å². The lowest BCUT2D eigenvalue weighted by Gasteiger charge is -2.01. The summed E-state index contributed by atoms with van der Waals surface area (Å²) in [6.45, 7) is 1.74. The zero-order valence-electron chi connectivity index (χ0n) is 9.90. The normalized spacial score (nSPS) is 10.8. The molecule has 2 N–H and O–H groups in total. The molecule has 0 aliphatic heterocycles. The second kappa shape index (κ2) is 4.64. The van der Waals surface area contributed by atoms with Crippen molar-refractivity contribution in [2.75, 3.05) is 5.32 Å². The van der Waals surface area contributed by atoms with Crippen molar-refractivity contribution in [3.8, 4) is 0 Å². The molecule has 0 spiro atoms. The number of aromatic nitrogens is 3. The first kappa shape index (κ1) is 12.1. The summed E-state index contributed by atoms with van der Waals surface area (Å²) >= 11 is 7.24. The van der Waals surface area contributed by atoms with Gasteiger partial charge < -0.3 is 10.3 Å². The molecule has 0 saturated carbocycles. The van der Waals surface area contributed by atoms with Gasteiger partial charge in [0.2, 0.25) is 0 Å². The minimum atomic E-state index is -0.224. The summed E-state index contributed by atoms with van der Waals surface area (Å²) in [4.78, 5) is 23.5. The Morgan fingerprint density at radius 2 is 2.21 bits per heavy atom. The summed E-state index contributed by atoms with van der Waals surface area (Å²) in [5, 5.41) is 4.36. The van der Waals surface area contributed by atoms with E-state index in [9.17, 15) is 4.79 Å². The summed E-state index contributed by atoms with van der Waals surface area (Å²) in [5.74, 6) is 0.579. The lowest BCUT2D eigenvalue weighted by Crippen LogP contribution is -2.08. The van der Waals surface area contributed by atoms with Gasteiger partial charge in [0.15, 0.2) is 15.5 Å². The van der Waals surface area contributed by atoms with Gasteiger partial charge in [-0.15, -0.1) is 0 Å². The molecule has 2 heterocycles. The van der Waals surface area contributed by atoms with Crippen molar-refractivity contribution in [2.24, 2.45) is 0 Å². The number of aryl methyl sites for hydroxylation is 1. The van der Waals surface area contributed by atoms with E-state index in [1.807, 2.05) is 12.1 Å². The van der Waals surface area contributed by atoms with Crippen LogP contribution in [0.15, 0.2) is 29.1 Å². The Morgan fingerprint density at radius 3 is 3.00 bits per heavy atom. The van der Waals surface area contributed by atoms with E-state index in [1.165, 1.54) is 11.3 Å². The fourth-order valence-corrected chi connectivity index (χ4v) is 2.78. The summed E-state index contributed by atoms with van der Waals surface area (Å²) < 4.78 is 0. The van der Waals surface area contributed by atoms with Gasteiger partial charge in [0.05, 0.1) is 0 Å². The largest absolute Gasteiger partial charge is 0.331 e. The molecule has 0 radical (unpaired) electrons. The van der Waals surface area contributed by atoms with Crippen LogP contribution in [-0.4, -0.2) is 15.0 Å². The fourth-order valence-electron chi connectivity index (χ4n) is 1.68. The first-order valence-corrected chi connectivity index (χ1v) is 6.71. The third-order valence-corrected chi connectivity index (χ3v) is 3.56. The number of anilines is 2. The van der Waals surface area contributed by atoms with Gasteiger partial charge in [-0.25, -0.2) is 9.97 Å². The number of nitrogens with one attached hydrogen (secondary N) is 2. The van der Waals surface area contributed by atoms with Crippen molar-refractivity contribution in [2.45, 2.75) is 6.92 Å². The molecule has 0 amide bonds. The minimum absolute atomic E-state index is 0.224. The maximum absolute atomic E-state index is 11.7. The number of rotatable bonds is 2. The van der Waals surface area contributed by atoms with Crippen molar-refractivity contribution in [3.63, 3.8) is 0 Å². The Hall–Kier alpha value is -1.92. The van der Waals surface area contributed by atoms with Gasteiger partial charge in [-0.05, 0) is 25.1 Å². The maximum Gasteiger partial charge on any atom is 0.278 e. The third-order valence-electron chi connectivity index (χ3n) is 2.46. The van der Waals surface area contributed by atoms with Gasteiger partial charge in [-0.2, -0.15) is 0 Å². The summed E-state index contributed by atoms with van der Waals surface area (Å²) in [6.07, 6.45) is 0. The van der Waals surface area contributed by atoms with E-state index in [4.69, 9.17) is 11.6 Å². The second-order valence-corrected chi connectivity index (χ2v) is 5.37. The predicted molar refractivity (Wildman–Crippen MR) is 77.5 cm³/mol. The molecule has 3 rings (SSSR count). The number of H-pyrrole nitrogens is 1. The zero-order valence-corrected chi connectivity index (χ0v) is 11.5. The van der Waals surface area contributed by atoms with Gasteiger partial charge in [0, 0.05) is 10.7 Å². The summed E-state index contributed by atoms with van der Waals surface area (Å²) in [7, 11) is 0.